The van der Waals surface area contributed by atoms with Crippen LogP contribution in [0.4, 0.5) is 5.69 Å². The Balaban J connectivity index is 0.00000341. The molecule has 1 aliphatic carbocycles. The van der Waals surface area contributed by atoms with Crippen LogP contribution in [-0.2, 0) is 0 Å². The molecule has 0 bridgehead atoms. The predicted octanol–water partition coefficient (Wildman–Crippen LogP) is 2.82. The fourth-order valence-corrected chi connectivity index (χ4v) is 3.18. The molecule has 2 aromatic carbocycles. The molecule has 0 aromatic heterocycles. The van der Waals surface area contributed by atoms with E-state index in [1.165, 1.54) is 5.69 Å². The van der Waals surface area contributed by atoms with Gasteiger partial charge in [-0.1, -0.05) is 60.7 Å². The van der Waals surface area contributed by atoms with Gasteiger partial charge in [0.15, 0.2) is 0 Å². The summed E-state index contributed by atoms with van der Waals surface area (Å²) in [5.74, 6) is 0. The normalized spacial score (nSPS) is 14.0. The van der Waals surface area contributed by atoms with E-state index in [2.05, 4.69) is 57.6 Å². The lowest BCUT2D eigenvalue weighted by molar-refractivity contribution is -0.00000658. The first kappa shape index (κ1) is 24.1. The first-order chi connectivity index (χ1) is 14.4. The number of halogens is 1. The summed E-state index contributed by atoms with van der Waals surface area (Å²) in [7, 11) is 6.44. The van der Waals surface area contributed by atoms with Gasteiger partial charge in [-0.05, 0) is 52.6 Å². The third kappa shape index (κ3) is 6.15. The number of rotatable bonds is 4. The van der Waals surface area contributed by atoms with Crippen molar-refractivity contribution in [3.63, 3.8) is 0 Å². The van der Waals surface area contributed by atoms with Crippen molar-refractivity contribution in [1.82, 2.24) is 4.48 Å². The van der Waals surface area contributed by atoms with Crippen molar-refractivity contribution in [2.24, 2.45) is 0 Å². The highest BCUT2D eigenvalue weighted by Gasteiger charge is 2.12. The van der Waals surface area contributed by atoms with Crippen molar-refractivity contribution in [2.45, 2.75) is 0 Å². The molecular weight excluding hydrogens is 493 g/mol. The highest BCUT2D eigenvalue weighted by Crippen LogP contribution is 2.26. The predicted molar refractivity (Wildman–Crippen MR) is 125 cm³/mol. The van der Waals surface area contributed by atoms with E-state index in [4.69, 9.17) is 0 Å². The number of nitrogens with zero attached hydrogens (tertiary/aromatic N) is 3. The maximum atomic E-state index is 9.41. The number of hydrogen-bond acceptors (Lipinski definition) is 2. The van der Waals surface area contributed by atoms with Crippen LogP contribution in [0, 0.1) is 22.7 Å². The number of nitriles is 2. The van der Waals surface area contributed by atoms with Crippen LogP contribution in [-0.4, -0.2) is 21.1 Å². The highest BCUT2D eigenvalue weighted by molar-refractivity contribution is 5.84. The van der Waals surface area contributed by atoms with Crippen LogP contribution >= 0.6 is 0 Å². The molecule has 0 saturated carbocycles. The third-order valence-corrected chi connectivity index (χ3v) is 4.88. The van der Waals surface area contributed by atoms with Crippen LogP contribution in [0.1, 0.15) is 11.1 Å². The SMILES string of the molecule is C[N+](C)(C)c1ccc(C2=CC=C/C(=C\C(=C(C#N)C#N)c3ccccc3)C=C2)cc1.[I-]. The fourth-order valence-electron chi connectivity index (χ4n) is 3.18. The minimum absolute atomic E-state index is 0. The number of quaternary nitrogens is 1. The Labute approximate surface area is 201 Å². The second-order valence-electron chi connectivity index (χ2n) is 7.90. The van der Waals surface area contributed by atoms with Crippen molar-refractivity contribution in [3.05, 3.63) is 113 Å². The average molecular weight is 517 g/mol. The van der Waals surface area contributed by atoms with Crippen LogP contribution in [0.25, 0.3) is 11.1 Å². The summed E-state index contributed by atoms with van der Waals surface area (Å²) >= 11 is 0. The minimum Gasteiger partial charge on any atom is -1.00 e. The van der Waals surface area contributed by atoms with Gasteiger partial charge in [0.2, 0.25) is 0 Å². The molecule has 4 heteroatoms. The molecule has 0 spiro atoms. The lowest BCUT2D eigenvalue weighted by atomic mass is 9.98. The number of hydrogen-bond donors (Lipinski definition) is 0. The standard InChI is InChI=1S/C27H24N3.HI/c1-30(2,3)26-16-14-23(15-17-26)22-11-7-8-21(12-13-22)18-27(25(19-28)20-29)24-9-5-4-6-10-24;/h4-18H,1-3H3;1H/q+1;/p-1/b21-18+;. The van der Waals surface area contributed by atoms with Crippen LogP contribution in [0.3, 0.4) is 0 Å². The Hall–Kier alpha value is -3.19. The maximum absolute atomic E-state index is 9.41. The van der Waals surface area contributed by atoms with E-state index < -0.39 is 0 Å². The van der Waals surface area contributed by atoms with Gasteiger partial charge in [0, 0.05) is 5.57 Å². The molecule has 3 rings (SSSR count). The lowest BCUT2D eigenvalue weighted by Gasteiger charge is -2.23. The molecule has 1 aliphatic rings. The summed E-state index contributed by atoms with van der Waals surface area (Å²) in [6.07, 6.45) is 12.0. The first-order valence-corrected chi connectivity index (χ1v) is 9.73. The quantitative estimate of drug-likeness (QED) is 0.356. The summed E-state index contributed by atoms with van der Waals surface area (Å²) in [4.78, 5) is 0. The molecule has 154 valence electrons. The van der Waals surface area contributed by atoms with Gasteiger partial charge in [0.05, 0.1) is 21.1 Å². The number of allylic oxidation sites excluding steroid dienone is 10. The highest BCUT2D eigenvalue weighted by atomic mass is 127. The van der Waals surface area contributed by atoms with Gasteiger partial charge < -0.3 is 24.0 Å². The minimum atomic E-state index is 0. The third-order valence-electron chi connectivity index (χ3n) is 4.88. The Bertz CT molecular complexity index is 1140. The van der Waals surface area contributed by atoms with E-state index in [0.29, 0.717) is 5.57 Å². The molecule has 0 saturated heterocycles. The lowest BCUT2D eigenvalue weighted by Crippen LogP contribution is -3.00. The van der Waals surface area contributed by atoms with Gasteiger partial charge in [0.25, 0.3) is 0 Å². The van der Waals surface area contributed by atoms with Crippen LogP contribution in [0.5, 0.6) is 0 Å². The monoisotopic (exact) mass is 517 g/mol. The van der Waals surface area contributed by atoms with Gasteiger partial charge in [0.1, 0.15) is 23.4 Å². The van der Waals surface area contributed by atoms with Crippen molar-refractivity contribution < 1.29 is 24.0 Å². The molecular formula is C27H24IN3. The molecule has 0 unspecified atom stereocenters. The van der Waals surface area contributed by atoms with Crippen LogP contribution in [0.15, 0.2) is 102 Å². The summed E-state index contributed by atoms with van der Waals surface area (Å²) in [6.45, 7) is 0. The van der Waals surface area contributed by atoms with Gasteiger partial charge in [-0.3, -0.25) is 4.48 Å². The molecule has 0 aliphatic heterocycles. The second-order valence-corrected chi connectivity index (χ2v) is 7.90. The topological polar surface area (TPSA) is 47.6 Å². The fraction of sp³-hybridized carbons (Fsp3) is 0.111. The van der Waals surface area contributed by atoms with E-state index in [0.717, 1.165) is 26.8 Å². The van der Waals surface area contributed by atoms with E-state index in [9.17, 15) is 10.5 Å². The first-order valence-electron chi connectivity index (χ1n) is 9.73. The summed E-state index contributed by atoms with van der Waals surface area (Å²) in [5, 5.41) is 18.8. The summed E-state index contributed by atoms with van der Waals surface area (Å²) in [5.41, 5.74) is 5.98. The Morgan fingerprint density at radius 3 is 2.06 bits per heavy atom. The van der Waals surface area contributed by atoms with Crippen molar-refractivity contribution in [2.75, 3.05) is 21.1 Å². The molecule has 0 heterocycles. The van der Waals surface area contributed by atoms with E-state index in [1.54, 1.807) is 0 Å². The summed E-state index contributed by atoms with van der Waals surface area (Å²) in [6, 6.07) is 22.1. The molecule has 0 fully saturated rings. The Kier molecular flexibility index (Phi) is 8.33. The van der Waals surface area contributed by atoms with Gasteiger partial charge in [-0.15, -0.1) is 0 Å². The van der Waals surface area contributed by atoms with Crippen LogP contribution in [0.2, 0.25) is 0 Å². The molecule has 2 aromatic rings. The van der Waals surface area contributed by atoms with Crippen molar-refractivity contribution in [3.8, 4) is 12.1 Å². The molecule has 31 heavy (non-hydrogen) atoms. The van der Waals surface area contributed by atoms with Crippen LogP contribution < -0.4 is 28.5 Å². The smallest absolute Gasteiger partial charge is 0.137 e. The molecule has 0 radical (unpaired) electrons. The van der Waals surface area contributed by atoms with Gasteiger partial charge >= 0.3 is 0 Å². The zero-order valence-corrected chi connectivity index (χ0v) is 20.0. The molecule has 3 nitrogen and oxygen atoms in total. The van der Waals surface area contributed by atoms with Gasteiger partial charge in [-0.2, -0.15) is 10.5 Å². The Morgan fingerprint density at radius 2 is 1.48 bits per heavy atom. The van der Waals surface area contributed by atoms with Crippen molar-refractivity contribution >= 4 is 16.8 Å². The van der Waals surface area contributed by atoms with Gasteiger partial charge in [-0.25, -0.2) is 0 Å². The average Bonchev–Trinajstić information content (AvgIpc) is 2.99. The van der Waals surface area contributed by atoms with E-state index >= 15 is 0 Å². The zero-order chi connectivity index (χ0) is 21.6. The molecule has 0 N–H and O–H groups in total. The second kappa shape index (κ2) is 10.7. The zero-order valence-electron chi connectivity index (χ0n) is 17.9. The Morgan fingerprint density at radius 1 is 0.839 bits per heavy atom. The molecule has 0 atom stereocenters. The largest absolute Gasteiger partial charge is 1.00 e. The molecule has 0 amide bonds. The van der Waals surface area contributed by atoms with Crippen molar-refractivity contribution in [1.29, 1.82) is 10.5 Å². The number of benzene rings is 2. The maximum Gasteiger partial charge on any atom is 0.137 e. The van der Waals surface area contributed by atoms with E-state index in [-0.39, 0.29) is 29.5 Å². The summed E-state index contributed by atoms with van der Waals surface area (Å²) < 4.78 is 0.774. The van der Waals surface area contributed by atoms with E-state index in [1.807, 2.05) is 66.8 Å².